The standard InChI is InChI=1S/C26H34FN9O9P2S2/c27-19-16(10-41-46(38,39)48)44-26(36-13-32-20-24(36)33-12-34(7-5-28)25(20)37)21(19)45-47(40,49)42-9-15-3-4-17(43-15)35-8-14-2-1-6-29-22-18(14)23(35)31-11-30-22/h8,11-13,15-17,19,21,26H,1-7,9-10,28H2,(H,40,49)(H,29,30,31)(H2,38,39,48)/t15-,16+,17+,19+,21+,26+,47?/m0/s1. The van der Waals surface area contributed by atoms with Gasteiger partial charge in [0.15, 0.2) is 23.6 Å². The van der Waals surface area contributed by atoms with E-state index in [1.807, 2.05) is 10.8 Å². The zero-order valence-electron chi connectivity index (χ0n) is 25.7. The number of nitrogens with one attached hydrogen (secondary N) is 1. The highest BCUT2D eigenvalue weighted by molar-refractivity contribution is 8.44. The lowest BCUT2D eigenvalue weighted by Gasteiger charge is -2.26. The highest BCUT2D eigenvalue weighted by Crippen LogP contribution is 2.52. The second-order valence-electron chi connectivity index (χ2n) is 11.8. The average molecular weight is 762 g/mol. The molecule has 0 radical (unpaired) electrons. The summed E-state index contributed by atoms with van der Waals surface area (Å²) in [4.78, 5) is 50.8. The molecule has 2 unspecified atom stereocenters. The third kappa shape index (κ3) is 7.22. The first-order valence-electron chi connectivity index (χ1n) is 15.4. The Morgan fingerprint density at radius 2 is 1.96 bits per heavy atom. The number of nitrogens with two attached hydrogens (primary N) is 1. The smallest absolute Gasteiger partial charge is 0.369 e. The molecule has 0 amide bonds. The lowest BCUT2D eigenvalue weighted by atomic mass is 10.1. The molecular formula is C26H34FN9O9P2S2. The van der Waals surface area contributed by atoms with Crippen LogP contribution in [0.15, 0.2) is 30.0 Å². The summed E-state index contributed by atoms with van der Waals surface area (Å²) >= 11 is 8.76. The van der Waals surface area contributed by atoms with Crippen molar-refractivity contribution in [3.8, 4) is 0 Å². The maximum absolute atomic E-state index is 15.9. The van der Waals surface area contributed by atoms with Crippen molar-refractivity contribution in [3.05, 3.63) is 41.1 Å². The number of thiol groups is 1. The number of nitrogens with zero attached hydrogens (tertiary/aromatic N) is 7. The molecule has 0 bridgehead atoms. The third-order valence-electron chi connectivity index (χ3n) is 8.54. The predicted molar refractivity (Wildman–Crippen MR) is 179 cm³/mol. The minimum absolute atomic E-state index is 0.0325. The van der Waals surface area contributed by atoms with Crippen molar-refractivity contribution in [1.29, 1.82) is 0 Å². The quantitative estimate of drug-likeness (QED) is 0.103. The number of fused-ring (bicyclic) bond motifs is 1. The minimum Gasteiger partial charge on any atom is -0.369 e. The van der Waals surface area contributed by atoms with Gasteiger partial charge in [0, 0.05) is 25.8 Å². The SMILES string of the molecule is NCCn1cnc2c(ncn2[C@@H]2O[C@H](COP(=O)(O)S)[C@@H](F)[C@H]2OP(O)(=S)OC[C@@H]2CC[C@H](n3cc4c5c(ncnc53)NCCC4)O2)c1=O. The van der Waals surface area contributed by atoms with E-state index in [0.29, 0.717) is 12.8 Å². The van der Waals surface area contributed by atoms with Gasteiger partial charge in [-0.3, -0.25) is 23.0 Å². The van der Waals surface area contributed by atoms with Crippen molar-refractivity contribution in [2.75, 3.05) is 31.6 Å². The van der Waals surface area contributed by atoms with Gasteiger partial charge in [-0.05, 0) is 43.1 Å². The maximum atomic E-state index is 15.9. The van der Waals surface area contributed by atoms with Crippen molar-refractivity contribution in [1.82, 2.24) is 33.6 Å². The summed E-state index contributed by atoms with van der Waals surface area (Å²) < 4.78 is 60.4. The van der Waals surface area contributed by atoms with E-state index in [-0.39, 0.29) is 37.1 Å². The Balaban J connectivity index is 1.07. The fourth-order valence-electron chi connectivity index (χ4n) is 6.33. The van der Waals surface area contributed by atoms with Gasteiger partial charge in [-0.1, -0.05) is 12.2 Å². The van der Waals surface area contributed by atoms with Crippen molar-refractivity contribution in [3.63, 3.8) is 0 Å². The largest absolute Gasteiger partial charge is 0.383 e. The molecule has 3 aliphatic rings. The topological polar surface area (TPSA) is 225 Å². The summed E-state index contributed by atoms with van der Waals surface area (Å²) in [5.74, 6) is 0.792. The van der Waals surface area contributed by atoms with E-state index in [2.05, 4.69) is 37.5 Å². The molecule has 0 aromatic carbocycles. The fraction of sp³-hybridized carbons (Fsp3) is 0.577. The average Bonchev–Trinajstić information content (AvgIpc) is 3.81. The summed E-state index contributed by atoms with van der Waals surface area (Å²) in [5, 5.41) is 4.32. The van der Waals surface area contributed by atoms with E-state index >= 15 is 4.39 Å². The summed E-state index contributed by atoms with van der Waals surface area (Å²) in [5.41, 5.74) is 6.97. The Labute approximate surface area is 288 Å². The Morgan fingerprint density at radius 3 is 2.76 bits per heavy atom. The Morgan fingerprint density at radius 1 is 1.12 bits per heavy atom. The van der Waals surface area contributed by atoms with Crippen LogP contribution in [0.1, 0.15) is 37.3 Å². The van der Waals surface area contributed by atoms with E-state index in [1.54, 1.807) is 0 Å². The molecule has 5 N–H and O–H groups in total. The first kappa shape index (κ1) is 35.0. The molecule has 49 heavy (non-hydrogen) atoms. The number of anilines is 1. The molecule has 0 saturated carbocycles. The second kappa shape index (κ2) is 14.0. The van der Waals surface area contributed by atoms with E-state index < -0.39 is 56.4 Å². The maximum Gasteiger partial charge on any atom is 0.383 e. The number of aromatic nitrogens is 7. The summed E-state index contributed by atoms with van der Waals surface area (Å²) in [6.45, 7) is -8.10. The van der Waals surface area contributed by atoms with Crippen molar-refractivity contribution in [2.45, 2.75) is 69.2 Å². The third-order valence-corrected chi connectivity index (χ3v) is 10.9. The second-order valence-corrected chi connectivity index (χ2v) is 17.3. The van der Waals surface area contributed by atoms with Crippen LogP contribution in [0.2, 0.25) is 0 Å². The van der Waals surface area contributed by atoms with Crippen LogP contribution in [0.5, 0.6) is 0 Å². The van der Waals surface area contributed by atoms with Crippen LogP contribution in [-0.2, 0) is 52.4 Å². The van der Waals surface area contributed by atoms with Gasteiger partial charge in [0.05, 0.1) is 31.0 Å². The zero-order chi connectivity index (χ0) is 34.5. The van der Waals surface area contributed by atoms with Gasteiger partial charge in [-0.2, -0.15) is 0 Å². The van der Waals surface area contributed by atoms with Crippen LogP contribution in [0.3, 0.4) is 0 Å². The lowest BCUT2D eigenvalue weighted by molar-refractivity contribution is -0.0476. The van der Waals surface area contributed by atoms with Crippen LogP contribution in [-0.4, -0.2) is 94.2 Å². The number of hydrogen-bond acceptors (Lipinski definition) is 14. The number of imidazole rings is 1. The van der Waals surface area contributed by atoms with Gasteiger partial charge in [0.1, 0.15) is 42.6 Å². The first-order valence-corrected chi connectivity index (χ1v) is 20.8. The number of aryl methyl sites for hydroxylation is 1. The monoisotopic (exact) mass is 761 g/mol. The van der Waals surface area contributed by atoms with Gasteiger partial charge in [0.2, 0.25) is 0 Å². The number of alkyl halides is 1. The fourth-order valence-corrected chi connectivity index (χ4v) is 8.30. The highest BCUT2D eigenvalue weighted by atomic mass is 32.7. The molecule has 0 aliphatic carbocycles. The molecule has 7 heterocycles. The number of ether oxygens (including phenoxy) is 2. The van der Waals surface area contributed by atoms with E-state index in [1.165, 1.54) is 28.1 Å². The predicted octanol–water partition coefficient (Wildman–Crippen LogP) is 1.93. The minimum atomic E-state index is -4.30. The number of hydrogen-bond donors (Lipinski definition) is 5. The molecule has 2 fully saturated rings. The first-order chi connectivity index (χ1) is 23.4. The molecule has 18 nitrogen and oxygen atoms in total. The molecule has 0 spiro atoms. The Bertz CT molecular complexity index is 2010. The van der Waals surface area contributed by atoms with Crippen LogP contribution < -0.4 is 16.6 Å². The van der Waals surface area contributed by atoms with Crippen LogP contribution >= 0.6 is 25.8 Å². The Kier molecular flexibility index (Phi) is 9.99. The highest BCUT2D eigenvalue weighted by Gasteiger charge is 2.50. The molecule has 2 saturated heterocycles. The lowest BCUT2D eigenvalue weighted by Crippen LogP contribution is -2.32. The Hall–Kier alpha value is -2.39. The molecule has 3 aliphatic heterocycles. The molecule has 266 valence electrons. The molecule has 8 atom stereocenters. The molecule has 4 aromatic heterocycles. The normalized spacial score (nSPS) is 28.0. The molecule has 4 aromatic rings. The summed E-state index contributed by atoms with van der Waals surface area (Å²) in [7, 11) is 0. The molecule has 7 rings (SSSR count). The van der Waals surface area contributed by atoms with Crippen molar-refractivity contribution >= 4 is 65.6 Å². The number of rotatable bonds is 12. The van der Waals surface area contributed by atoms with E-state index in [9.17, 15) is 19.1 Å². The van der Waals surface area contributed by atoms with Gasteiger partial charge >= 0.3 is 13.5 Å². The van der Waals surface area contributed by atoms with Gasteiger partial charge in [-0.15, -0.1) is 0 Å². The van der Waals surface area contributed by atoms with Crippen LogP contribution in [0.25, 0.3) is 22.2 Å². The van der Waals surface area contributed by atoms with E-state index in [0.717, 1.165) is 41.8 Å². The van der Waals surface area contributed by atoms with E-state index in [4.69, 9.17) is 40.6 Å². The number of halogens is 1. The van der Waals surface area contributed by atoms with Gasteiger partial charge in [0.25, 0.3) is 5.56 Å². The van der Waals surface area contributed by atoms with Crippen molar-refractivity contribution < 1.29 is 41.8 Å². The summed E-state index contributed by atoms with van der Waals surface area (Å²) in [6.07, 6.45) is 1.72. The van der Waals surface area contributed by atoms with Gasteiger partial charge in [-0.25, -0.2) is 28.9 Å². The van der Waals surface area contributed by atoms with Crippen LogP contribution in [0.4, 0.5) is 10.2 Å². The molecular weight excluding hydrogens is 727 g/mol. The van der Waals surface area contributed by atoms with Gasteiger partial charge < -0.3 is 39.4 Å². The zero-order valence-corrected chi connectivity index (χ0v) is 29.2. The van der Waals surface area contributed by atoms with Crippen molar-refractivity contribution in [2.24, 2.45) is 5.73 Å². The summed E-state index contributed by atoms with van der Waals surface area (Å²) in [6, 6.07) is 0. The molecule has 23 heteroatoms. The van der Waals surface area contributed by atoms with Crippen LogP contribution in [0, 0.1) is 0 Å².